The predicted molar refractivity (Wildman–Crippen MR) is 105 cm³/mol. The molecule has 1 amide bonds. The van der Waals surface area contributed by atoms with Crippen LogP contribution in [0.1, 0.15) is 16.8 Å². The lowest BCUT2D eigenvalue weighted by Crippen LogP contribution is -2.36. The van der Waals surface area contributed by atoms with Crippen molar-refractivity contribution in [1.82, 2.24) is 19.7 Å². The van der Waals surface area contributed by atoms with E-state index in [1.165, 1.54) is 0 Å². The van der Waals surface area contributed by atoms with E-state index in [0.29, 0.717) is 24.6 Å². The summed E-state index contributed by atoms with van der Waals surface area (Å²) < 4.78 is 7.35. The van der Waals surface area contributed by atoms with E-state index < -0.39 is 0 Å². The summed E-state index contributed by atoms with van der Waals surface area (Å²) in [5.74, 6) is 0.360. The van der Waals surface area contributed by atoms with Crippen LogP contribution in [0, 0.1) is 6.92 Å². The summed E-state index contributed by atoms with van der Waals surface area (Å²) >= 11 is 0. The van der Waals surface area contributed by atoms with E-state index in [-0.39, 0.29) is 6.09 Å². The molecule has 0 saturated heterocycles. The second-order valence-electron chi connectivity index (χ2n) is 6.87. The number of rotatable bonds is 3. The van der Waals surface area contributed by atoms with Gasteiger partial charge in [-0.05, 0) is 30.7 Å². The van der Waals surface area contributed by atoms with Crippen LogP contribution in [0.15, 0.2) is 66.7 Å². The second-order valence-corrected chi connectivity index (χ2v) is 6.87. The highest BCUT2D eigenvalue weighted by Gasteiger charge is 2.28. The van der Waals surface area contributed by atoms with Crippen molar-refractivity contribution in [2.75, 3.05) is 0 Å². The van der Waals surface area contributed by atoms with Gasteiger partial charge in [-0.2, -0.15) is 10.1 Å². The minimum Gasteiger partial charge on any atom is -0.391 e. The van der Waals surface area contributed by atoms with Gasteiger partial charge in [0.15, 0.2) is 5.65 Å². The summed E-state index contributed by atoms with van der Waals surface area (Å²) in [6.07, 6.45) is -0.384. The van der Waals surface area contributed by atoms with Crippen LogP contribution >= 0.6 is 0 Å². The normalized spacial score (nSPS) is 13.5. The molecule has 28 heavy (non-hydrogen) atoms. The zero-order valence-corrected chi connectivity index (χ0v) is 15.4. The van der Waals surface area contributed by atoms with Gasteiger partial charge in [0, 0.05) is 17.5 Å². The van der Waals surface area contributed by atoms with Crippen molar-refractivity contribution >= 4 is 17.1 Å². The Hall–Kier alpha value is -3.67. The second kappa shape index (κ2) is 6.49. The number of hydrogen-bond acceptors (Lipinski definition) is 4. The van der Waals surface area contributed by atoms with E-state index in [1.807, 2.05) is 73.7 Å². The molecule has 5 rings (SSSR count). The van der Waals surface area contributed by atoms with E-state index >= 15 is 0 Å². The fraction of sp³-hybridized carbons (Fsp3) is 0.136. The first-order chi connectivity index (χ1) is 13.7. The average molecular weight is 370 g/mol. The Morgan fingerprint density at radius 3 is 2.50 bits per heavy atom. The minimum atomic E-state index is -0.384. The highest BCUT2D eigenvalue weighted by Crippen LogP contribution is 2.31. The van der Waals surface area contributed by atoms with Gasteiger partial charge in [-0.3, -0.25) is 4.90 Å². The third kappa shape index (κ3) is 2.79. The Kier molecular flexibility index (Phi) is 3.83. The van der Waals surface area contributed by atoms with Crippen molar-refractivity contribution < 1.29 is 9.53 Å². The number of benzene rings is 2. The smallest absolute Gasteiger partial charge is 0.391 e. The molecule has 2 aromatic carbocycles. The highest BCUT2D eigenvalue weighted by atomic mass is 16.6. The fourth-order valence-corrected chi connectivity index (χ4v) is 3.50. The molecule has 0 bridgehead atoms. The molecule has 0 spiro atoms. The van der Waals surface area contributed by atoms with E-state index in [4.69, 9.17) is 4.74 Å². The van der Waals surface area contributed by atoms with E-state index in [2.05, 4.69) is 10.1 Å². The maximum Gasteiger partial charge on any atom is 0.417 e. The van der Waals surface area contributed by atoms with Crippen LogP contribution < -0.4 is 4.74 Å². The first-order valence-corrected chi connectivity index (χ1v) is 9.14. The first-order valence-electron chi connectivity index (χ1n) is 9.14. The molecule has 1 aliphatic rings. The molecule has 0 atom stereocenters. The number of ether oxygens (including phenoxy) is 1. The zero-order valence-electron chi connectivity index (χ0n) is 15.4. The number of pyridine rings is 1. The third-order valence-electron chi connectivity index (χ3n) is 4.90. The molecule has 0 N–H and O–H groups in total. The molecule has 6 nitrogen and oxygen atoms in total. The molecule has 2 aromatic heterocycles. The number of aromatic nitrogens is 3. The Morgan fingerprint density at radius 1 is 1.04 bits per heavy atom. The van der Waals surface area contributed by atoms with Gasteiger partial charge in [0.25, 0.3) is 0 Å². The van der Waals surface area contributed by atoms with Gasteiger partial charge in [-0.1, -0.05) is 48.5 Å². The van der Waals surface area contributed by atoms with Gasteiger partial charge in [-0.25, -0.2) is 9.48 Å². The molecule has 4 aromatic rings. The van der Waals surface area contributed by atoms with Gasteiger partial charge in [0.05, 0.1) is 17.9 Å². The standard InChI is InChI=1S/C22H18N4O2/c1-15-19-12-17-14-25(13-16-8-4-2-5-9-16)22(27)28-21(17)23-20(19)26(24-15)18-10-6-3-7-11-18/h2-12H,13-14H2,1H3. The van der Waals surface area contributed by atoms with Crippen LogP contribution in [0.5, 0.6) is 5.88 Å². The summed E-state index contributed by atoms with van der Waals surface area (Å²) in [5, 5.41) is 5.60. The van der Waals surface area contributed by atoms with Crippen LogP contribution in [0.25, 0.3) is 16.7 Å². The van der Waals surface area contributed by atoms with Crippen molar-refractivity contribution in [3.63, 3.8) is 0 Å². The number of aryl methyl sites for hydroxylation is 1. The number of hydrogen-bond donors (Lipinski definition) is 0. The Morgan fingerprint density at radius 2 is 1.75 bits per heavy atom. The lowest BCUT2D eigenvalue weighted by atomic mass is 10.1. The highest BCUT2D eigenvalue weighted by molar-refractivity contribution is 5.83. The summed E-state index contributed by atoms with van der Waals surface area (Å²) in [5.41, 5.74) is 4.44. The summed E-state index contributed by atoms with van der Waals surface area (Å²) in [6, 6.07) is 21.7. The topological polar surface area (TPSA) is 60.2 Å². The van der Waals surface area contributed by atoms with Crippen LogP contribution in [0.2, 0.25) is 0 Å². The molecule has 1 aliphatic heterocycles. The van der Waals surface area contributed by atoms with Crippen molar-refractivity contribution in [3.05, 3.63) is 83.6 Å². The van der Waals surface area contributed by atoms with Gasteiger partial charge in [-0.15, -0.1) is 0 Å². The van der Waals surface area contributed by atoms with Crippen molar-refractivity contribution in [2.24, 2.45) is 0 Å². The first kappa shape index (κ1) is 16.5. The van der Waals surface area contributed by atoms with Crippen LogP contribution in [-0.4, -0.2) is 25.8 Å². The lowest BCUT2D eigenvalue weighted by Gasteiger charge is -2.27. The number of amides is 1. The van der Waals surface area contributed by atoms with Crippen molar-refractivity contribution in [1.29, 1.82) is 0 Å². The Balaban J connectivity index is 1.54. The molecule has 0 fully saturated rings. The maximum absolute atomic E-state index is 12.5. The molecule has 138 valence electrons. The molecule has 0 aliphatic carbocycles. The van der Waals surface area contributed by atoms with Gasteiger partial charge in [0.1, 0.15) is 0 Å². The lowest BCUT2D eigenvalue weighted by molar-refractivity contribution is 0.133. The largest absolute Gasteiger partial charge is 0.417 e. The quantitative estimate of drug-likeness (QED) is 0.541. The SMILES string of the molecule is Cc1nn(-c2ccccc2)c2nc3c(cc12)CN(Cc1ccccc1)C(=O)O3. The third-order valence-corrected chi connectivity index (χ3v) is 4.90. The average Bonchev–Trinajstić information content (AvgIpc) is 3.04. The van der Waals surface area contributed by atoms with E-state index in [1.54, 1.807) is 9.58 Å². The summed E-state index contributed by atoms with van der Waals surface area (Å²) in [6.45, 7) is 2.92. The maximum atomic E-state index is 12.5. The monoisotopic (exact) mass is 370 g/mol. The molecule has 0 saturated carbocycles. The summed E-state index contributed by atoms with van der Waals surface area (Å²) in [4.78, 5) is 18.8. The molecular weight excluding hydrogens is 352 g/mol. The molecule has 0 radical (unpaired) electrons. The number of para-hydroxylation sites is 1. The minimum absolute atomic E-state index is 0.360. The molecular formula is C22H18N4O2. The molecule has 3 heterocycles. The Labute approximate surface area is 162 Å². The van der Waals surface area contributed by atoms with E-state index in [9.17, 15) is 4.79 Å². The predicted octanol–water partition coefficient (Wildman–Crippen LogP) is 4.24. The molecule has 0 unspecified atom stereocenters. The zero-order chi connectivity index (χ0) is 19.1. The number of nitrogens with zero attached hydrogens (tertiary/aromatic N) is 4. The Bertz CT molecular complexity index is 1170. The van der Waals surface area contributed by atoms with Gasteiger partial charge >= 0.3 is 6.09 Å². The van der Waals surface area contributed by atoms with Crippen LogP contribution in [0.4, 0.5) is 4.79 Å². The van der Waals surface area contributed by atoms with Gasteiger partial charge in [0.2, 0.25) is 5.88 Å². The number of carbonyl (C=O) groups excluding carboxylic acids is 1. The van der Waals surface area contributed by atoms with E-state index in [0.717, 1.165) is 27.9 Å². The van der Waals surface area contributed by atoms with Crippen molar-refractivity contribution in [2.45, 2.75) is 20.0 Å². The molecule has 6 heteroatoms. The van der Waals surface area contributed by atoms with Crippen LogP contribution in [0.3, 0.4) is 0 Å². The summed E-state index contributed by atoms with van der Waals surface area (Å²) in [7, 11) is 0. The fourth-order valence-electron chi connectivity index (χ4n) is 3.50. The van der Waals surface area contributed by atoms with Gasteiger partial charge < -0.3 is 4.74 Å². The van der Waals surface area contributed by atoms with Crippen molar-refractivity contribution in [3.8, 4) is 11.6 Å². The van der Waals surface area contributed by atoms with Crippen LogP contribution in [-0.2, 0) is 13.1 Å². The number of fused-ring (bicyclic) bond motifs is 2. The number of carbonyl (C=O) groups is 1.